The molecule has 166 valence electrons. The number of likely N-dealkylation sites (tertiary alicyclic amines) is 1. The van der Waals surface area contributed by atoms with Crippen molar-refractivity contribution in [3.63, 3.8) is 0 Å². The fraction of sp³-hybridized carbons (Fsp3) is 0.409. The number of carbonyl (C=O) groups excluding carboxylic acids is 1. The van der Waals surface area contributed by atoms with E-state index in [0.717, 1.165) is 44.3 Å². The molecule has 0 aromatic heterocycles. The Balaban J connectivity index is 1.51. The van der Waals surface area contributed by atoms with Gasteiger partial charge in [-0.1, -0.05) is 41.4 Å². The van der Waals surface area contributed by atoms with Gasteiger partial charge in [0.25, 0.3) is 5.91 Å². The number of carbonyl (C=O) groups is 1. The highest BCUT2D eigenvalue weighted by Crippen LogP contribution is 2.30. The summed E-state index contributed by atoms with van der Waals surface area (Å²) < 4.78 is 27.8. The van der Waals surface area contributed by atoms with E-state index in [4.69, 9.17) is 23.2 Å². The van der Waals surface area contributed by atoms with Crippen LogP contribution >= 0.6 is 23.2 Å². The molecule has 4 rings (SSSR count). The van der Waals surface area contributed by atoms with Crippen LogP contribution in [0.15, 0.2) is 47.4 Å². The third kappa shape index (κ3) is 5.41. The van der Waals surface area contributed by atoms with E-state index in [0.29, 0.717) is 11.6 Å². The largest absolute Gasteiger partial charge is 0.350 e. The van der Waals surface area contributed by atoms with Gasteiger partial charge in [0.2, 0.25) is 10.0 Å². The summed E-state index contributed by atoms with van der Waals surface area (Å²) in [6, 6.07) is 11.9. The predicted octanol–water partition coefficient (Wildman–Crippen LogP) is 4.00. The first kappa shape index (κ1) is 22.6. The van der Waals surface area contributed by atoms with Gasteiger partial charge in [0.05, 0.1) is 11.1 Å². The van der Waals surface area contributed by atoms with Gasteiger partial charge >= 0.3 is 0 Å². The minimum atomic E-state index is -3.76. The van der Waals surface area contributed by atoms with E-state index in [1.807, 2.05) is 24.3 Å². The molecule has 0 radical (unpaired) electrons. The summed E-state index contributed by atoms with van der Waals surface area (Å²) >= 11 is 12.6. The smallest absolute Gasteiger partial charge is 0.251 e. The molecule has 2 aromatic rings. The lowest BCUT2D eigenvalue weighted by molar-refractivity contribution is 0.0937. The SMILES string of the molecule is O=C(NCC(c1ccccc1Cl)N1CCCC1)c1ccc(Cl)c(S(=O)(=O)NC2CC2)c1. The van der Waals surface area contributed by atoms with Crippen molar-refractivity contribution in [1.82, 2.24) is 14.9 Å². The fourth-order valence-electron chi connectivity index (χ4n) is 3.86. The van der Waals surface area contributed by atoms with Crippen LogP contribution < -0.4 is 10.0 Å². The topological polar surface area (TPSA) is 78.5 Å². The normalized spacial score (nSPS) is 18.1. The molecule has 1 aliphatic carbocycles. The molecular weight excluding hydrogens is 457 g/mol. The molecule has 1 aliphatic heterocycles. The first-order valence-electron chi connectivity index (χ1n) is 10.4. The Morgan fingerprint density at radius 2 is 1.77 bits per heavy atom. The molecule has 0 spiro atoms. The summed E-state index contributed by atoms with van der Waals surface area (Å²) in [6.07, 6.45) is 3.86. The quantitative estimate of drug-likeness (QED) is 0.596. The molecular formula is C22H25Cl2N3O3S. The number of halogens is 2. The Kier molecular flexibility index (Phi) is 6.89. The molecule has 2 fully saturated rings. The molecule has 1 amide bonds. The average Bonchev–Trinajstić information content (AvgIpc) is 3.37. The van der Waals surface area contributed by atoms with Crippen LogP contribution in [0.2, 0.25) is 10.0 Å². The van der Waals surface area contributed by atoms with E-state index >= 15 is 0 Å². The maximum atomic E-state index is 12.9. The van der Waals surface area contributed by atoms with Gasteiger partial charge in [0.15, 0.2) is 0 Å². The van der Waals surface area contributed by atoms with Crippen LogP contribution in [0.3, 0.4) is 0 Å². The Hall–Kier alpha value is -1.64. The second-order valence-corrected chi connectivity index (χ2v) is 10.5. The molecule has 1 saturated carbocycles. The van der Waals surface area contributed by atoms with Gasteiger partial charge in [0.1, 0.15) is 4.90 Å². The Labute approximate surface area is 193 Å². The van der Waals surface area contributed by atoms with E-state index in [1.54, 1.807) is 0 Å². The standard InChI is InChI=1S/C22H25Cl2N3O3S/c23-18-6-2-1-5-17(18)20(27-11-3-4-12-27)14-25-22(28)15-7-10-19(24)21(13-15)31(29,30)26-16-8-9-16/h1-2,5-7,10,13,16,20,26H,3-4,8-9,11-12,14H2,(H,25,28). The Morgan fingerprint density at radius 3 is 2.45 bits per heavy atom. The van der Waals surface area contributed by atoms with Crippen molar-refractivity contribution in [3.05, 3.63) is 63.6 Å². The Morgan fingerprint density at radius 1 is 1.06 bits per heavy atom. The summed E-state index contributed by atoms with van der Waals surface area (Å²) in [5.74, 6) is -0.351. The lowest BCUT2D eigenvalue weighted by Crippen LogP contribution is -2.37. The predicted molar refractivity (Wildman–Crippen MR) is 122 cm³/mol. The number of rotatable bonds is 8. The number of nitrogens with one attached hydrogen (secondary N) is 2. The zero-order chi connectivity index (χ0) is 22.0. The molecule has 0 bridgehead atoms. The third-order valence-electron chi connectivity index (χ3n) is 5.68. The van der Waals surface area contributed by atoms with Gasteiger partial charge in [0, 0.05) is 23.2 Å². The highest BCUT2D eigenvalue weighted by Gasteiger charge is 2.30. The lowest BCUT2D eigenvalue weighted by Gasteiger charge is -2.29. The first-order valence-corrected chi connectivity index (χ1v) is 12.7. The van der Waals surface area contributed by atoms with Gasteiger partial charge in [-0.2, -0.15) is 0 Å². The molecule has 2 aromatic carbocycles. The monoisotopic (exact) mass is 481 g/mol. The van der Waals surface area contributed by atoms with Crippen LogP contribution in [-0.2, 0) is 10.0 Å². The molecule has 1 atom stereocenters. The van der Waals surface area contributed by atoms with Gasteiger partial charge in [-0.05, 0) is 68.6 Å². The van der Waals surface area contributed by atoms with Crippen molar-refractivity contribution in [2.45, 2.75) is 42.7 Å². The average molecular weight is 482 g/mol. The minimum absolute atomic E-state index is 0.0459. The molecule has 1 unspecified atom stereocenters. The fourth-order valence-corrected chi connectivity index (χ4v) is 5.95. The molecule has 2 aliphatic rings. The summed E-state index contributed by atoms with van der Waals surface area (Å²) in [5, 5.41) is 3.71. The molecule has 31 heavy (non-hydrogen) atoms. The number of sulfonamides is 1. The van der Waals surface area contributed by atoms with Crippen LogP contribution in [0.4, 0.5) is 0 Å². The van der Waals surface area contributed by atoms with Crippen molar-refractivity contribution in [2.24, 2.45) is 0 Å². The molecule has 2 N–H and O–H groups in total. The highest BCUT2D eigenvalue weighted by molar-refractivity contribution is 7.89. The van der Waals surface area contributed by atoms with E-state index in [2.05, 4.69) is 14.9 Å². The van der Waals surface area contributed by atoms with Gasteiger partial charge in [-0.25, -0.2) is 13.1 Å². The number of hydrogen-bond donors (Lipinski definition) is 2. The van der Waals surface area contributed by atoms with Crippen molar-refractivity contribution in [1.29, 1.82) is 0 Å². The van der Waals surface area contributed by atoms with Crippen LogP contribution in [0.5, 0.6) is 0 Å². The van der Waals surface area contributed by atoms with Crippen molar-refractivity contribution in [2.75, 3.05) is 19.6 Å². The lowest BCUT2D eigenvalue weighted by atomic mass is 10.0. The Bertz CT molecular complexity index is 1070. The number of benzene rings is 2. The van der Waals surface area contributed by atoms with Crippen molar-refractivity contribution >= 4 is 39.1 Å². The van der Waals surface area contributed by atoms with Crippen molar-refractivity contribution < 1.29 is 13.2 Å². The highest BCUT2D eigenvalue weighted by atomic mass is 35.5. The second-order valence-electron chi connectivity index (χ2n) is 8.03. The van der Waals surface area contributed by atoms with Crippen LogP contribution in [0.25, 0.3) is 0 Å². The molecule has 1 saturated heterocycles. The molecule has 1 heterocycles. The molecule has 6 nitrogen and oxygen atoms in total. The van der Waals surface area contributed by atoms with Gasteiger partial charge < -0.3 is 5.32 Å². The maximum Gasteiger partial charge on any atom is 0.251 e. The van der Waals surface area contributed by atoms with Crippen LogP contribution in [0.1, 0.15) is 47.6 Å². The number of hydrogen-bond acceptors (Lipinski definition) is 4. The minimum Gasteiger partial charge on any atom is -0.350 e. The second kappa shape index (κ2) is 9.46. The molecule has 9 heteroatoms. The van der Waals surface area contributed by atoms with E-state index in [-0.39, 0.29) is 33.5 Å². The summed E-state index contributed by atoms with van der Waals surface area (Å²) in [4.78, 5) is 15.1. The van der Waals surface area contributed by atoms with Crippen LogP contribution in [-0.4, -0.2) is 44.9 Å². The van der Waals surface area contributed by atoms with Crippen molar-refractivity contribution in [3.8, 4) is 0 Å². The van der Waals surface area contributed by atoms with Crippen LogP contribution in [0, 0.1) is 0 Å². The number of nitrogens with zero attached hydrogens (tertiary/aromatic N) is 1. The zero-order valence-corrected chi connectivity index (χ0v) is 19.3. The number of amides is 1. The van der Waals surface area contributed by atoms with E-state index in [1.165, 1.54) is 18.2 Å². The maximum absolute atomic E-state index is 12.9. The summed E-state index contributed by atoms with van der Waals surface area (Å²) in [7, 11) is -3.76. The third-order valence-corrected chi connectivity index (χ3v) is 8.03. The van der Waals surface area contributed by atoms with Gasteiger partial charge in [-0.3, -0.25) is 9.69 Å². The summed E-state index contributed by atoms with van der Waals surface area (Å²) in [5.41, 5.74) is 1.22. The zero-order valence-electron chi connectivity index (χ0n) is 17.0. The van der Waals surface area contributed by atoms with E-state index in [9.17, 15) is 13.2 Å². The summed E-state index contributed by atoms with van der Waals surface area (Å²) in [6.45, 7) is 2.26. The first-order chi connectivity index (χ1) is 14.8. The van der Waals surface area contributed by atoms with Gasteiger partial charge in [-0.15, -0.1) is 0 Å². The van der Waals surface area contributed by atoms with E-state index < -0.39 is 10.0 Å².